The molecule has 0 N–H and O–H groups in total. The van der Waals surface area contributed by atoms with Crippen molar-refractivity contribution in [2.45, 2.75) is 51.9 Å². The highest BCUT2D eigenvalue weighted by Crippen LogP contribution is 2.34. The minimum absolute atomic E-state index is 0.00919. The van der Waals surface area contributed by atoms with Crippen LogP contribution in [0.4, 0.5) is 22.0 Å². The fourth-order valence-corrected chi connectivity index (χ4v) is 3.23. The largest absolute Gasteiger partial charge is 0.207 e. The van der Waals surface area contributed by atoms with Crippen LogP contribution < -0.4 is 0 Å². The second-order valence-corrected chi connectivity index (χ2v) is 7.99. The van der Waals surface area contributed by atoms with Gasteiger partial charge in [0.15, 0.2) is 0 Å². The molecular weight excluding hydrogens is 335 g/mol. The summed E-state index contributed by atoms with van der Waals surface area (Å²) in [6, 6.07) is 3.57. The SMILES string of the molecule is CC(C)(C)c1c(F)cc(CC(C)(C)c2c(F)cc(F)cc2F)cc1F. The molecular formula is C20H21F5. The summed E-state index contributed by atoms with van der Waals surface area (Å²) in [5.74, 6) is -4.44. The summed E-state index contributed by atoms with van der Waals surface area (Å²) in [4.78, 5) is 0. The van der Waals surface area contributed by atoms with Crippen LogP contribution in [0, 0.1) is 29.1 Å². The van der Waals surface area contributed by atoms with E-state index in [0.717, 1.165) is 0 Å². The van der Waals surface area contributed by atoms with E-state index in [1.54, 1.807) is 34.6 Å². The van der Waals surface area contributed by atoms with Crippen LogP contribution in [-0.4, -0.2) is 0 Å². The van der Waals surface area contributed by atoms with Gasteiger partial charge in [0.1, 0.15) is 29.1 Å². The van der Waals surface area contributed by atoms with E-state index < -0.39 is 39.9 Å². The number of hydrogen-bond donors (Lipinski definition) is 0. The molecule has 136 valence electrons. The molecule has 0 saturated heterocycles. The van der Waals surface area contributed by atoms with Crippen molar-refractivity contribution in [3.05, 3.63) is 70.0 Å². The Labute approximate surface area is 144 Å². The average molecular weight is 356 g/mol. The first-order valence-corrected chi connectivity index (χ1v) is 7.96. The predicted molar refractivity (Wildman–Crippen MR) is 88.1 cm³/mol. The topological polar surface area (TPSA) is 0 Å². The Bertz CT molecular complexity index is 754. The van der Waals surface area contributed by atoms with Gasteiger partial charge in [-0.3, -0.25) is 0 Å². The summed E-state index contributed by atoms with van der Waals surface area (Å²) in [5.41, 5.74) is -1.90. The molecule has 2 aromatic rings. The summed E-state index contributed by atoms with van der Waals surface area (Å²) in [7, 11) is 0. The maximum atomic E-state index is 14.4. The van der Waals surface area contributed by atoms with Crippen molar-refractivity contribution in [3.63, 3.8) is 0 Å². The van der Waals surface area contributed by atoms with Crippen LogP contribution in [0.15, 0.2) is 24.3 Å². The quantitative estimate of drug-likeness (QED) is 0.574. The normalized spacial score (nSPS) is 12.6. The number of benzene rings is 2. The van der Waals surface area contributed by atoms with Gasteiger partial charge in [0.05, 0.1) is 0 Å². The summed E-state index contributed by atoms with van der Waals surface area (Å²) < 4.78 is 69.9. The fourth-order valence-electron chi connectivity index (χ4n) is 3.23. The van der Waals surface area contributed by atoms with Gasteiger partial charge >= 0.3 is 0 Å². The van der Waals surface area contributed by atoms with Crippen molar-refractivity contribution in [2.75, 3.05) is 0 Å². The summed E-state index contributed by atoms with van der Waals surface area (Å²) in [6.07, 6.45) is -0.00919. The molecule has 0 aliphatic rings. The lowest BCUT2D eigenvalue weighted by atomic mass is 9.77. The molecule has 0 nitrogen and oxygen atoms in total. The Kier molecular flexibility index (Phi) is 4.99. The summed E-state index contributed by atoms with van der Waals surface area (Å²) in [6.45, 7) is 8.17. The smallest absolute Gasteiger partial charge is 0.132 e. The molecule has 0 bridgehead atoms. The van der Waals surface area contributed by atoms with Crippen LogP contribution in [0.2, 0.25) is 0 Å². The van der Waals surface area contributed by atoms with Crippen LogP contribution in [0.5, 0.6) is 0 Å². The molecule has 5 heteroatoms. The van der Waals surface area contributed by atoms with Gasteiger partial charge in [0.25, 0.3) is 0 Å². The first kappa shape index (κ1) is 19.4. The first-order valence-electron chi connectivity index (χ1n) is 7.96. The molecule has 0 aliphatic heterocycles. The van der Waals surface area contributed by atoms with Crippen LogP contribution in [0.1, 0.15) is 51.3 Å². The third-order valence-corrected chi connectivity index (χ3v) is 4.18. The lowest BCUT2D eigenvalue weighted by molar-refractivity contribution is 0.431. The highest BCUT2D eigenvalue weighted by molar-refractivity contribution is 5.35. The highest BCUT2D eigenvalue weighted by Gasteiger charge is 2.30. The molecule has 0 aliphatic carbocycles. The Hall–Kier alpha value is -1.91. The molecule has 0 atom stereocenters. The fraction of sp³-hybridized carbons (Fsp3) is 0.400. The Morgan fingerprint density at radius 1 is 0.640 bits per heavy atom. The van der Waals surface area contributed by atoms with E-state index >= 15 is 0 Å². The number of rotatable bonds is 3. The number of hydrogen-bond acceptors (Lipinski definition) is 0. The van der Waals surface area contributed by atoms with Crippen molar-refractivity contribution >= 4 is 0 Å². The second kappa shape index (κ2) is 6.43. The zero-order valence-electron chi connectivity index (χ0n) is 14.9. The Balaban J connectivity index is 2.46. The van der Waals surface area contributed by atoms with Crippen molar-refractivity contribution < 1.29 is 22.0 Å². The van der Waals surface area contributed by atoms with Gasteiger partial charge in [-0.2, -0.15) is 0 Å². The molecule has 0 saturated carbocycles. The van der Waals surface area contributed by atoms with E-state index in [-0.39, 0.29) is 23.1 Å². The van der Waals surface area contributed by atoms with Crippen molar-refractivity contribution in [2.24, 2.45) is 0 Å². The zero-order valence-corrected chi connectivity index (χ0v) is 14.9. The van der Waals surface area contributed by atoms with Gasteiger partial charge in [-0.25, -0.2) is 22.0 Å². The minimum Gasteiger partial charge on any atom is -0.207 e. The van der Waals surface area contributed by atoms with E-state index in [0.29, 0.717) is 12.1 Å². The summed E-state index contributed by atoms with van der Waals surface area (Å²) >= 11 is 0. The monoisotopic (exact) mass is 356 g/mol. The van der Waals surface area contributed by atoms with Crippen LogP contribution in [0.25, 0.3) is 0 Å². The maximum absolute atomic E-state index is 14.4. The van der Waals surface area contributed by atoms with Crippen molar-refractivity contribution in [1.29, 1.82) is 0 Å². The van der Waals surface area contributed by atoms with E-state index in [1.807, 2.05) is 0 Å². The van der Waals surface area contributed by atoms with Crippen LogP contribution in [-0.2, 0) is 17.3 Å². The zero-order chi connectivity index (χ0) is 19.2. The first-order chi connectivity index (χ1) is 11.3. The molecule has 0 amide bonds. The third-order valence-electron chi connectivity index (χ3n) is 4.18. The molecule has 0 fully saturated rings. The van der Waals surface area contributed by atoms with Gasteiger partial charge in [-0.1, -0.05) is 34.6 Å². The third kappa shape index (κ3) is 4.02. The molecule has 0 radical (unpaired) electrons. The van der Waals surface area contributed by atoms with Crippen LogP contribution in [0.3, 0.4) is 0 Å². The number of halogens is 5. The van der Waals surface area contributed by atoms with E-state index in [9.17, 15) is 22.0 Å². The minimum atomic E-state index is -1.12. The summed E-state index contributed by atoms with van der Waals surface area (Å²) in [5, 5.41) is 0. The van der Waals surface area contributed by atoms with E-state index in [1.165, 1.54) is 12.1 Å². The predicted octanol–water partition coefficient (Wildman–Crippen LogP) is 6.20. The highest BCUT2D eigenvalue weighted by atomic mass is 19.2. The Morgan fingerprint density at radius 3 is 1.44 bits per heavy atom. The van der Waals surface area contributed by atoms with Gasteiger partial charge in [-0.05, 0) is 34.9 Å². The molecule has 2 aromatic carbocycles. The van der Waals surface area contributed by atoms with Crippen molar-refractivity contribution in [1.82, 2.24) is 0 Å². The Morgan fingerprint density at radius 2 is 1.04 bits per heavy atom. The van der Waals surface area contributed by atoms with Crippen molar-refractivity contribution in [3.8, 4) is 0 Å². The van der Waals surface area contributed by atoms with Crippen LogP contribution >= 0.6 is 0 Å². The second-order valence-electron chi connectivity index (χ2n) is 7.99. The van der Waals surface area contributed by atoms with E-state index in [2.05, 4.69) is 0 Å². The van der Waals surface area contributed by atoms with Gasteiger partial charge in [0, 0.05) is 23.3 Å². The van der Waals surface area contributed by atoms with Gasteiger partial charge in [0.2, 0.25) is 0 Å². The average Bonchev–Trinajstić information content (AvgIpc) is 2.32. The molecule has 0 unspecified atom stereocenters. The molecule has 0 heterocycles. The molecule has 2 rings (SSSR count). The lowest BCUT2D eigenvalue weighted by Crippen LogP contribution is -2.25. The molecule has 0 spiro atoms. The van der Waals surface area contributed by atoms with E-state index in [4.69, 9.17) is 0 Å². The lowest BCUT2D eigenvalue weighted by Gasteiger charge is -2.27. The molecule has 0 aromatic heterocycles. The maximum Gasteiger partial charge on any atom is 0.132 e. The molecule has 25 heavy (non-hydrogen) atoms. The standard InChI is InChI=1S/C20H21F5/c1-19(2,3)17-13(22)6-11(7-14(17)23)10-20(4,5)18-15(24)8-12(21)9-16(18)25/h6-9H,10H2,1-5H3. The van der Waals surface area contributed by atoms with Gasteiger partial charge in [-0.15, -0.1) is 0 Å². The van der Waals surface area contributed by atoms with Gasteiger partial charge < -0.3 is 0 Å².